The normalized spacial score (nSPS) is 13.7. The zero-order valence-electron chi connectivity index (χ0n) is 10.9. The first-order valence-corrected chi connectivity index (χ1v) is 7.50. The molecule has 1 heterocycles. The summed E-state index contributed by atoms with van der Waals surface area (Å²) < 4.78 is 11.0. The molecule has 0 aromatic carbocycles. The molecule has 0 fully saturated rings. The predicted molar refractivity (Wildman–Crippen MR) is 74.3 cm³/mol. The van der Waals surface area contributed by atoms with Crippen molar-refractivity contribution in [2.75, 3.05) is 24.4 Å². The lowest BCUT2D eigenvalue weighted by Crippen LogP contribution is -2.34. The lowest BCUT2D eigenvalue weighted by atomic mass is 10.2. The molecule has 6 heteroatoms. The molecule has 0 aliphatic rings. The van der Waals surface area contributed by atoms with Gasteiger partial charge >= 0.3 is 0 Å². The average Bonchev–Trinajstić information content (AvgIpc) is 2.36. The Balaban J connectivity index is 2.50. The maximum Gasteiger partial charge on any atom is 0.270 e. The fourth-order valence-electron chi connectivity index (χ4n) is 1.39. The summed E-state index contributed by atoms with van der Waals surface area (Å²) in [7, 11) is 0.970. The second-order valence-corrected chi connectivity index (χ2v) is 5.68. The maximum atomic E-state index is 11.8. The van der Waals surface area contributed by atoms with Crippen molar-refractivity contribution in [2.45, 2.75) is 19.4 Å². The third-order valence-electron chi connectivity index (χ3n) is 2.50. The van der Waals surface area contributed by atoms with Crippen LogP contribution >= 0.6 is 0 Å². The van der Waals surface area contributed by atoms with Crippen molar-refractivity contribution in [2.24, 2.45) is 0 Å². The minimum Gasteiger partial charge on any atom is -0.387 e. The Hall–Kier alpha value is -1.43. The number of hydrogen-bond donors (Lipinski definition) is 2. The maximum absolute atomic E-state index is 11.8. The molecule has 2 atom stereocenters. The summed E-state index contributed by atoms with van der Waals surface area (Å²) in [5.41, 5.74) is 1.25. The van der Waals surface area contributed by atoms with E-state index in [2.05, 4.69) is 15.6 Å². The molecule has 1 rings (SSSR count). The van der Waals surface area contributed by atoms with Crippen LogP contribution in [-0.4, -0.2) is 40.2 Å². The molecule has 0 aliphatic heterocycles. The van der Waals surface area contributed by atoms with Gasteiger partial charge in [-0.3, -0.25) is 9.00 Å². The zero-order chi connectivity index (χ0) is 13.5. The Morgan fingerprint density at radius 1 is 1.50 bits per heavy atom. The molecule has 1 aromatic heterocycles. The van der Waals surface area contributed by atoms with E-state index in [1.165, 1.54) is 0 Å². The summed E-state index contributed by atoms with van der Waals surface area (Å²) in [6.45, 7) is 1.90. The van der Waals surface area contributed by atoms with Crippen LogP contribution in [0.3, 0.4) is 0 Å². The number of amides is 1. The first-order valence-electron chi connectivity index (χ1n) is 5.77. The first kappa shape index (κ1) is 14.6. The smallest absolute Gasteiger partial charge is 0.270 e. The van der Waals surface area contributed by atoms with Crippen LogP contribution in [0.5, 0.6) is 0 Å². The largest absolute Gasteiger partial charge is 0.387 e. The lowest BCUT2D eigenvalue weighted by molar-refractivity contribution is 0.0934. The number of carbonyl (C=O) groups is 1. The molecule has 0 spiro atoms. The Morgan fingerprint density at radius 2 is 2.22 bits per heavy atom. The SMILES string of the molecule is CNc1ccc(C(=O)NC(C)CCS(C)=O)nc1. The quantitative estimate of drug-likeness (QED) is 0.808. The standard InChI is InChI=1S/C12H19N3O2S/c1-9(6-7-18(3)17)15-12(16)11-5-4-10(13-2)8-14-11/h4-5,8-9,13H,6-7H2,1-3H3,(H,15,16). The minimum absolute atomic E-state index is 0.00724. The van der Waals surface area contributed by atoms with Crippen molar-refractivity contribution in [3.05, 3.63) is 24.0 Å². The minimum atomic E-state index is -0.825. The van der Waals surface area contributed by atoms with Gasteiger partial charge in [0.05, 0.1) is 11.9 Å². The molecular formula is C12H19N3O2S. The van der Waals surface area contributed by atoms with Gasteiger partial charge in [0.2, 0.25) is 0 Å². The molecule has 0 saturated carbocycles. The Morgan fingerprint density at radius 3 is 2.72 bits per heavy atom. The molecule has 0 radical (unpaired) electrons. The zero-order valence-corrected chi connectivity index (χ0v) is 11.7. The van der Waals surface area contributed by atoms with Gasteiger partial charge in [0.1, 0.15) is 5.69 Å². The van der Waals surface area contributed by atoms with Gasteiger partial charge < -0.3 is 10.6 Å². The topological polar surface area (TPSA) is 71.1 Å². The summed E-state index contributed by atoms with van der Waals surface area (Å²) in [6.07, 6.45) is 3.97. The Labute approximate surface area is 110 Å². The van der Waals surface area contributed by atoms with E-state index in [0.717, 1.165) is 5.69 Å². The van der Waals surface area contributed by atoms with E-state index in [9.17, 15) is 9.00 Å². The molecule has 1 amide bonds. The second kappa shape index (κ2) is 7.10. The number of pyridine rings is 1. The molecule has 2 N–H and O–H groups in total. The van der Waals surface area contributed by atoms with Gasteiger partial charge in [0.25, 0.3) is 5.91 Å². The van der Waals surface area contributed by atoms with Gasteiger partial charge in [-0.1, -0.05) is 0 Å². The molecule has 2 unspecified atom stereocenters. The fraction of sp³-hybridized carbons (Fsp3) is 0.500. The van der Waals surface area contributed by atoms with E-state index in [-0.39, 0.29) is 11.9 Å². The molecule has 5 nitrogen and oxygen atoms in total. The van der Waals surface area contributed by atoms with Crippen LogP contribution < -0.4 is 10.6 Å². The second-order valence-electron chi connectivity index (χ2n) is 4.12. The van der Waals surface area contributed by atoms with Crippen LogP contribution in [0.25, 0.3) is 0 Å². The lowest BCUT2D eigenvalue weighted by Gasteiger charge is -2.12. The molecule has 100 valence electrons. The number of rotatable bonds is 6. The predicted octanol–water partition coefficient (Wildman–Crippen LogP) is 1.01. The van der Waals surface area contributed by atoms with Crippen molar-refractivity contribution >= 4 is 22.4 Å². The summed E-state index contributed by atoms with van der Waals surface area (Å²) >= 11 is 0. The summed E-state index contributed by atoms with van der Waals surface area (Å²) in [6, 6.07) is 3.46. The van der Waals surface area contributed by atoms with E-state index >= 15 is 0 Å². The highest BCUT2D eigenvalue weighted by molar-refractivity contribution is 7.84. The number of carbonyl (C=O) groups excluding carboxylic acids is 1. The van der Waals surface area contributed by atoms with Crippen molar-refractivity contribution < 1.29 is 9.00 Å². The van der Waals surface area contributed by atoms with E-state index < -0.39 is 10.8 Å². The van der Waals surface area contributed by atoms with Gasteiger partial charge in [0.15, 0.2) is 0 Å². The number of aromatic nitrogens is 1. The van der Waals surface area contributed by atoms with Gasteiger partial charge in [-0.25, -0.2) is 4.98 Å². The van der Waals surface area contributed by atoms with Gasteiger partial charge in [0, 0.05) is 35.9 Å². The van der Waals surface area contributed by atoms with Crippen LogP contribution in [0, 0.1) is 0 Å². The van der Waals surface area contributed by atoms with Crippen molar-refractivity contribution in [1.82, 2.24) is 10.3 Å². The first-order chi connectivity index (χ1) is 8.52. The average molecular weight is 269 g/mol. The summed E-state index contributed by atoms with van der Waals surface area (Å²) in [5.74, 6) is 0.389. The number of anilines is 1. The third-order valence-corrected chi connectivity index (χ3v) is 3.31. The monoisotopic (exact) mass is 269 g/mol. The van der Waals surface area contributed by atoms with Gasteiger partial charge in [-0.2, -0.15) is 0 Å². The van der Waals surface area contributed by atoms with Crippen LogP contribution in [-0.2, 0) is 10.8 Å². The summed E-state index contributed by atoms with van der Waals surface area (Å²) in [4.78, 5) is 15.9. The molecule has 0 bridgehead atoms. The Kier molecular flexibility index (Phi) is 5.77. The molecular weight excluding hydrogens is 250 g/mol. The Bertz CT molecular complexity index is 420. The number of nitrogens with one attached hydrogen (secondary N) is 2. The highest BCUT2D eigenvalue weighted by atomic mass is 32.2. The van der Waals surface area contributed by atoms with Crippen LogP contribution in [0.1, 0.15) is 23.8 Å². The van der Waals surface area contributed by atoms with Crippen molar-refractivity contribution in [1.29, 1.82) is 0 Å². The summed E-state index contributed by atoms with van der Waals surface area (Å²) in [5, 5.41) is 5.77. The van der Waals surface area contributed by atoms with Crippen molar-refractivity contribution in [3.8, 4) is 0 Å². The fourth-order valence-corrected chi connectivity index (χ4v) is 2.07. The van der Waals surface area contributed by atoms with Crippen molar-refractivity contribution in [3.63, 3.8) is 0 Å². The van der Waals surface area contributed by atoms with Crippen LogP contribution in [0.2, 0.25) is 0 Å². The highest BCUT2D eigenvalue weighted by Gasteiger charge is 2.11. The molecule has 18 heavy (non-hydrogen) atoms. The third kappa shape index (κ3) is 4.83. The van der Waals surface area contributed by atoms with E-state index in [0.29, 0.717) is 17.9 Å². The van der Waals surface area contributed by atoms with Gasteiger partial charge in [-0.15, -0.1) is 0 Å². The molecule has 0 aliphatic carbocycles. The van der Waals surface area contributed by atoms with Gasteiger partial charge in [-0.05, 0) is 25.5 Å². The number of nitrogens with zero attached hydrogens (tertiary/aromatic N) is 1. The van der Waals surface area contributed by atoms with E-state index in [4.69, 9.17) is 0 Å². The molecule has 1 aromatic rings. The molecule has 0 saturated heterocycles. The van der Waals surface area contributed by atoms with Crippen LogP contribution in [0.4, 0.5) is 5.69 Å². The van der Waals surface area contributed by atoms with E-state index in [1.54, 1.807) is 31.6 Å². The number of hydrogen-bond acceptors (Lipinski definition) is 4. The highest BCUT2D eigenvalue weighted by Crippen LogP contribution is 2.05. The van der Waals surface area contributed by atoms with Crippen LogP contribution in [0.15, 0.2) is 18.3 Å². The van der Waals surface area contributed by atoms with E-state index in [1.807, 2.05) is 6.92 Å².